The third kappa shape index (κ3) is 5.53. The van der Waals surface area contributed by atoms with Crippen molar-refractivity contribution in [2.24, 2.45) is 5.92 Å². The molecule has 3 aromatic rings. The molecular formula is C23H21BrN4OS2. The van der Waals surface area contributed by atoms with Gasteiger partial charge >= 0.3 is 0 Å². The zero-order valence-corrected chi connectivity index (χ0v) is 20.2. The smallest absolute Gasteiger partial charge is 0.226 e. The van der Waals surface area contributed by atoms with Gasteiger partial charge in [0.15, 0.2) is 5.13 Å². The normalized spacial score (nSPS) is 15.2. The zero-order valence-electron chi connectivity index (χ0n) is 17.0. The number of nitriles is 1. The highest BCUT2D eigenvalue weighted by atomic mass is 79.9. The summed E-state index contributed by atoms with van der Waals surface area (Å²) in [4.78, 5) is 21.6. The molecule has 1 atom stereocenters. The minimum atomic E-state index is -0.0884. The van der Waals surface area contributed by atoms with Gasteiger partial charge in [0.2, 0.25) is 5.91 Å². The second-order valence-electron chi connectivity index (χ2n) is 7.60. The lowest BCUT2D eigenvalue weighted by Crippen LogP contribution is -2.14. The Kier molecular flexibility index (Phi) is 7.06. The van der Waals surface area contributed by atoms with Crippen LogP contribution in [0.2, 0.25) is 0 Å². The first kappa shape index (κ1) is 22.0. The number of aromatic nitrogens is 2. The van der Waals surface area contributed by atoms with E-state index in [0.29, 0.717) is 28.8 Å². The van der Waals surface area contributed by atoms with E-state index in [1.54, 1.807) is 0 Å². The van der Waals surface area contributed by atoms with Crippen molar-refractivity contribution in [3.05, 3.63) is 57.0 Å². The molecule has 0 saturated carbocycles. The van der Waals surface area contributed by atoms with Crippen LogP contribution < -0.4 is 5.32 Å². The summed E-state index contributed by atoms with van der Waals surface area (Å²) in [6.07, 6.45) is 3.41. The van der Waals surface area contributed by atoms with Crippen LogP contribution in [0.4, 0.5) is 5.13 Å². The zero-order chi connectivity index (χ0) is 21.8. The van der Waals surface area contributed by atoms with Crippen LogP contribution in [0.15, 0.2) is 45.2 Å². The third-order valence-corrected chi connectivity index (χ3v) is 7.46. The molecule has 1 unspecified atom stereocenters. The first-order chi connectivity index (χ1) is 15.0. The summed E-state index contributed by atoms with van der Waals surface area (Å²) in [5, 5.41) is 15.6. The van der Waals surface area contributed by atoms with Gasteiger partial charge in [-0.25, -0.2) is 9.97 Å². The van der Waals surface area contributed by atoms with Gasteiger partial charge in [-0.05, 0) is 48.9 Å². The van der Waals surface area contributed by atoms with Gasteiger partial charge in [-0.2, -0.15) is 5.26 Å². The lowest BCUT2D eigenvalue weighted by molar-refractivity contribution is -0.115. The molecule has 1 amide bonds. The number of thioether (sulfide) groups is 1. The number of carbonyl (C=O) groups excluding carboxylic acids is 1. The predicted octanol–water partition coefficient (Wildman–Crippen LogP) is 6.08. The summed E-state index contributed by atoms with van der Waals surface area (Å²) in [6, 6.07) is 12.2. The van der Waals surface area contributed by atoms with Crippen LogP contribution in [0.5, 0.6) is 0 Å². The molecule has 0 bridgehead atoms. The summed E-state index contributed by atoms with van der Waals surface area (Å²) in [6.45, 7) is 2.24. The standard InChI is InChI=1S/C23H21BrN4OS2/c1-14-2-7-19-16(10-14)11-17(12-25)22(26-19)30-9-8-21(29)28-23-27-20(13-31-23)15-3-5-18(24)6-4-15/h3-6,11,13-14H,2,7-10H2,1H3,(H,27,28,29). The number of hydrogen-bond donors (Lipinski definition) is 1. The van der Waals surface area contributed by atoms with Crippen molar-refractivity contribution in [2.75, 3.05) is 11.1 Å². The van der Waals surface area contributed by atoms with Crippen LogP contribution in [-0.4, -0.2) is 21.6 Å². The van der Waals surface area contributed by atoms with E-state index in [9.17, 15) is 10.1 Å². The highest BCUT2D eigenvalue weighted by Gasteiger charge is 2.19. The number of aryl methyl sites for hydroxylation is 1. The largest absolute Gasteiger partial charge is 0.302 e. The van der Waals surface area contributed by atoms with Crippen molar-refractivity contribution in [3.63, 3.8) is 0 Å². The van der Waals surface area contributed by atoms with Crippen LogP contribution in [0.25, 0.3) is 11.3 Å². The summed E-state index contributed by atoms with van der Waals surface area (Å²) < 4.78 is 1.01. The monoisotopic (exact) mass is 512 g/mol. The fraction of sp³-hybridized carbons (Fsp3) is 0.304. The Labute approximate surface area is 198 Å². The summed E-state index contributed by atoms with van der Waals surface area (Å²) in [5.41, 5.74) is 4.76. The number of pyridine rings is 1. The molecule has 0 fully saturated rings. The van der Waals surface area contributed by atoms with Gasteiger partial charge in [-0.15, -0.1) is 23.1 Å². The van der Waals surface area contributed by atoms with E-state index in [4.69, 9.17) is 4.98 Å². The van der Waals surface area contributed by atoms with Gasteiger partial charge in [0.25, 0.3) is 0 Å². The molecule has 31 heavy (non-hydrogen) atoms. The number of thiazole rings is 1. The molecule has 8 heteroatoms. The average molecular weight is 513 g/mol. The summed E-state index contributed by atoms with van der Waals surface area (Å²) >= 11 is 6.31. The number of hydrogen-bond acceptors (Lipinski definition) is 6. The fourth-order valence-corrected chi connectivity index (χ4v) is 5.44. The first-order valence-corrected chi connectivity index (χ1v) is 12.7. The van der Waals surface area contributed by atoms with Gasteiger partial charge < -0.3 is 5.32 Å². The van der Waals surface area contributed by atoms with Gasteiger partial charge in [-0.1, -0.05) is 35.0 Å². The van der Waals surface area contributed by atoms with E-state index >= 15 is 0 Å². The van der Waals surface area contributed by atoms with Gasteiger partial charge in [0.1, 0.15) is 11.1 Å². The molecule has 1 aliphatic rings. The Bertz CT molecular complexity index is 1140. The van der Waals surface area contributed by atoms with Crippen molar-refractivity contribution >= 4 is 50.1 Å². The summed E-state index contributed by atoms with van der Waals surface area (Å²) in [5.74, 6) is 1.11. The maximum Gasteiger partial charge on any atom is 0.226 e. The molecule has 4 rings (SSSR count). The molecular weight excluding hydrogens is 492 g/mol. The molecule has 0 radical (unpaired) electrons. The Morgan fingerprint density at radius 1 is 1.35 bits per heavy atom. The molecule has 0 saturated heterocycles. The topological polar surface area (TPSA) is 78.7 Å². The predicted molar refractivity (Wildman–Crippen MR) is 129 cm³/mol. The van der Waals surface area contributed by atoms with E-state index in [-0.39, 0.29) is 5.91 Å². The number of halogens is 1. The van der Waals surface area contributed by atoms with E-state index in [1.807, 2.05) is 35.7 Å². The van der Waals surface area contributed by atoms with Crippen molar-refractivity contribution in [3.8, 4) is 17.3 Å². The fourth-order valence-electron chi connectivity index (χ4n) is 3.52. The number of fused-ring (bicyclic) bond motifs is 1. The van der Waals surface area contributed by atoms with Gasteiger partial charge in [0.05, 0.1) is 11.3 Å². The minimum absolute atomic E-state index is 0.0884. The Morgan fingerprint density at radius 3 is 2.94 bits per heavy atom. The number of carbonyl (C=O) groups is 1. The van der Waals surface area contributed by atoms with E-state index in [1.165, 1.54) is 28.7 Å². The maximum absolute atomic E-state index is 12.4. The molecule has 1 aliphatic carbocycles. The molecule has 2 heterocycles. The number of benzene rings is 1. The van der Waals surface area contributed by atoms with Crippen LogP contribution in [0.3, 0.4) is 0 Å². The van der Waals surface area contributed by atoms with Gasteiger partial charge in [0, 0.05) is 33.3 Å². The van der Waals surface area contributed by atoms with Crippen molar-refractivity contribution in [1.29, 1.82) is 5.26 Å². The maximum atomic E-state index is 12.4. The lowest BCUT2D eigenvalue weighted by Gasteiger charge is -2.21. The highest BCUT2D eigenvalue weighted by molar-refractivity contribution is 9.10. The molecule has 1 N–H and O–H groups in total. The molecule has 0 aliphatic heterocycles. The summed E-state index contributed by atoms with van der Waals surface area (Å²) in [7, 11) is 0. The van der Waals surface area contributed by atoms with Crippen molar-refractivity contribution in [1.82, 2.24) is 9.97 Å². The van der Waals surface area contributed by atoms with Gasteiger partial charge in [-0.3, -0.25) is 4.79 Å². The minimum Gasteiger partial charge on any atom is -0.302 e. The molecule has 2 aromatic heterocycles. The first-order valence-electron chi connectivity index (χ1n) is 10.1. The number of nitrogens with zero attached hydrogens (tertiary/aromatic N) is 3. The average Bonchev–Trinajstić information content (AvgIpc) is 3.22. The lowest BCUT2D eigenvalue weighted by atomic mass is 9.87. The van der Waals surface area contributed by atoms with Crippen molar-refractivity contribution < 1.29 is 4.79 Å². The Balaban J connectivity index is 1.33. The highest BCUT2D eigenvalue weighted by Crippen LogP contribution is 2.30. The molecule has 5 nitrogen and oxygen atoms in total. The molecule has 1 aromatic carbocycles. The second kappa shape index (κ2) is 9.94. The SMILES string of the molecule is CC1CCc2nc(SCCC(=O)Nc3nc(-c4ccc(Br)cc4)cs3)c(C#N)cc2C1. The Morgan fingerprint density at radius 2 is 2.16 bits per heavy atom. The third-order valence-electron chi connectivity index (χ3n) is 5.18. The van der Waals surface area contributed by atoms with Crippen LogP contribution >= 0.6 is 39.0 Å². The number of amides is 1. The van der Waals surface area contributed by atoms with Crippen LogP contribution in [0, 0.1) is 17.2 Å². The molecule has 158 valence electrons. The number of rotatable bonds is 6. The van der Waals surface area contributed by atoms with E-state index in [2.05, 4.69) is 39.2 Å². The van der Waals surface area contributed by atoms with Crippen LogP contribution in [-0.2, 0) is 17.6 Å². The number of anilines is 1. The quantitative estimate of drug-likeness (QED) is 0.404. The van der Waals surface area contributed by atoms with E-state index < -0.39 is 0 Å². The van der Waals surface area contributed by atoms with Crippen LogP contribution in [0.1, 0.15) is 36.6 Å². The molecule has 0 spiro atoms. The number of nitrogens with one attached hydrogen (secondary N) is 1. The second-order valence-corrected chi connectivity index (χ2v) is 10.5. The van der Waals surface area contributed by atoms with E-state index in [0.717, 1.165) is 45.7 Å². The van der Waals surface area contributed by atoms with Crippen molar-refractivity contribution in [2.45, 2.75) is 37.6 Å². The Hall–Kier alpha value is -2.21.